The number of aromatic nitrogens is 1. The smallest absolute Gasteiger partial charge is 0.143 e. The summed E-state index contributed by atoms with van der Waals surface area (Å²) >= 11 is 7.17. The summed E-state index contributed by atoms with van der Waals surface area (Å²) in [7, 11) is 0. The van der Waals surface area contributed by atoms with E-state index in [4.69, 9.17) is 11.6 Å². The Hall–Kier alpha value is -1.13. The third-order valence-corrected chi connectivity index (χ3v) is 3.30. The quantitative estimate of drug-likeness (QED) is 0.902. The molecule has 0 aliphatic heterocycles. The van der Waals surface area contributed by atoms with E-state index >= 15 is 0 Å². The van der Waals surface area contributed by atoms with Gasteiger partial charge in [0.2, 0.25) is 0 Å². The molecule has 2 aromatic rings. The van der Waals surface area contributed by atoms with Gasteiger partial charge in [0.1, 0.15) is 10.8 Å². The van der Waals surface area contributed by atoms with Gasteiger partial charge in [-0.3, -0.25) is 0 Å². The van der Waals surface area contributed by atoms with E-state index in [9.17, 15) is 4.39 Å². The summed E-state index contributed by atoms with van der Waals surface area (Å²) < 4.78 is 13.1. The van der Waals surface area contributed by atoms with Crippen LogP contribution in [-0.4, -0.2) is 4.98 Å². The highest BCUT2D eigenvalue weighted by Gasteiger charge is 2.02. The Kier molecular flexibility index (Phi) is 3.41. The van der Waals surface area contributed by atoms with Crippen LogP contribution in [0.25, 0.3) is 0 Å². The number of halogens is 2. The maximum Gasteiger partial charge on any atom is 0.143 e. The third kappa shape index (κ3) is 2.71. The summed E-state index contributed by atoms with van der Waals surface area (Å²) in [6, 6.07) is 4.65. The molecule has 0 unspecified atom stereocenters. The first-order valence-electron chi connectivity index (χ1n) is 4.75. The van der Waals surface area contributed by atoms with Gasteiger partial charge in [-0.05, 0) is 25.1 Å². The molecule has 0 spiro atoms. The van der Waals surface area contributed by atoms with Crippen molar-refractivity contribution in [3.63, 3.8) is 0 Å². The van der Waals surface area contributed by atoms with E-state index in [2.05, 4.69) is 10.3 Å². The van der Waals surface area contributed by atoms with Crippen molar-refractivity contribution in [3.05, 3.63) is 45.1 Å². The summed E-state index contributed by atoms with van der Waals surface area (Å²) in [6.45, 7) is 2.54. The van der Waals surface area contributed by atoms with Crippen LogP contribution in [0.15, 0.2) is 23.6 Å². The predicted octanol–water partition coefficient (Wildman–Crippen LogP) is 3.86. The molecule has 0 fully saturated rings. The van der Waals surface area contributed by atoms with Crippen LogP contribution in [0.5, 0.6) is 0 Å². The molecular weight excluding hydrogens is 247 g/mol. The van der Waals surface area contributed by atoms with Gasteiger partial charge in [0, 0.05) is 16.8 Å². The molecule has 16 heavy (non-hydrogen) atoms. The van der Waals surface area contributed by atoms with E-state index < -0.39 is 5.82 Å². The van der Waals surface area contributed by atoms with E-state index in [-0.39, 0.29) is 5.02 Å². The summed E-state index contributed by atoms with van der Waals surface area (Å²) in [6.07, 6.45) is 0. The lowest BCUT2D eigenvalue weighted by atomic mass is 10.3. The van der Waals surface area contributed by atoms with Gasteiger partial charge in [0.25, 0.3) is 0 Å². The number of nitrogens with zero attached hydrogens (tertiary/aromatic N) is 1. The number of nitrogens with one attached hydrogen (secondary N) is 1. The molecule has 0 aliphatic rings. The Bertz CT molecular complexity index is 498. The number of hydrogen-bond donors (Lipinski definition) is 1. The average molecular weight is 257 g/mol. The van der Waals surface area contributed by atoms with E-state index in [1.54, 1.807) is 17.4 Å². The number of thiazole rings is 1. The zero-order chi connectivity index (χ0) is 11.5. The predicted molar refractivity (Wildman–Crippen MR) is 65.6 cm³/mol. The lowest BCUT2D eigenvalue weighted by Crippen LogP contribution is -1.99. The molecule has 0 saturated carbocycles. The molecule has 0 saturated heterocycles. The topological polar surface area (TPSA) is 24.9 Å². The molecule has 0 amide bonds. The average Bonchev–Trinajstić information content (AvgIpc) is 2.66. The molecule has 1 aromatic carbocycles. The van der Waals surface area contributed by atoms with Crippen molar-refractivity contribution in [1.82, 2.24) is 4.98 Å². The van der Waals surface area contributed by atoms with Crippen molar-refractivity contribution in [2.24, 2.45) is 0 Å². The molecule has 1 N–H and O–H groups in total. The molecule has 1 aromatic heterocycles. The Morgan fingerprint density at radius 2 is 2.31 bits per heavy atom. The summed E-state index contributed by atoms with van der Waals surface area (Å²) in [4.78, 5) is 4.30. The summed E-state index contributed by atoms with van der Waals surface area (Å²) in [5, 5.41) is 6.19. The van der Waals surface area contributed by atoms with E-state index in [1.807, 2.05) is 12.3 Å². The molecule has 2 nitrogen and oxygen atoms in total. The van der Waals surface area contributed by atoms with Crippen molar-refractivity contribution in [3.8, 4) is 0 Å². The van der Waals surface area contributed by atoms with Crippen molar-refractivity contribution in [2.75, 3.05) is 5.32 Å². The van der Waals surface area contributed by atoms with Crippen LogP contribution in [0.2, 0.25) is 5.02 Å². The molecule has 0 atom stereocenters. The maximum absolute atomic E-state index is 13.1. The van der Waals surface area contributed by atoms with Crippen LogP contribution in [0, 0.1) is 12.7 Å². The van der Waals surface area contributed by atoms with Crippen molar-refractivity contribution in [1.29, 1.82) is 0 Å². The van der Waals surface area contributed by atoms with Gasteiger partial charge in [-0.1, -0.05) is 11.6 Å². The van der Waals surface area contributed by atoms with Gasteiger partial charge in [-0.2, -0.15) is 0 Å². The normalized spacial score (nSPS) is 10.4. The minimum absolute atomic E-state index is 0.135. The van der Waals surface area contributed by atoms with Crippen LogP contribution < -0.4 is 5.32 Å². The number of aryl methyl sites for hydroxylation is 1. The second-order valence-electron chi connectivity index (χ2n) is 3.37. The fourth-order valence-corrected chi connectivity index (χ4v) is 2.10. The van der Waals surface area contributed by atoms with Gasteiger partial charge in [0.05, 0.1) is 11.6 Å². The van der Waals surface area contributed by atoms with E-state index in [0.29, 0.717) is 12.2 Å². The molecule has 84 valence electrons. The first-order valence-corrected chi connectivity index (χ1v) is 6.01. The van der Waals surface area contributed by atoms with Gasteiger partial charge in [-0.25, -0.2) is 9.37 Å². The monoisotopic (exact) mass is 256 g/mol. The van der Waals surface area contributed by atoms with Crippen LogP contribution in [0.3, 0.4) is 0 Å². The highest BCUT2D eigenvalue weighted by molar-refractivity contribution is 7.09. The molecule has 0 radical (unpaired) electrons. The first-order chi connectivity index (χ1) is 7.65. The van der Waals surface area contributed by atoms with Gasteiger partial charge >= 0.3 is 0 Å². The maximum atomic E-state index is 13.1. The van der Waals surface area contributed by atoms with Crippen molar-refractivity contribution < 1.29 is 4.39 Å². The van der Waals surface area contributed by atoms with Gasteiger partial charge in [-0.15, -0.1) is 11.3 Å². The van der Waals surface area contributed by atoms with E-state index in [0.717, 1.165) is 10.7 Å². The van der Waals surface area contributed by atoms with Crippen LogP contribution in [0.1, 0.15) is 10.7 Å². The van der Waals surface area contributed by atoms with Crippen molar-refractivity contribution in [2.45, 2.75) is 13.5 Å². The van der Waals surface area contributed by atoms with Crippen LogP contribution in [-0.2, 0) is 6.54 Å². The lowest BCUT2D eigenvalue weighted by Gasteiger charge is -2.04. The first kappa shape index (κ1) is 11.4. The van der Waals surface area contributed by atoms with Crippen molar-refractivity contribution >= 4 is 28.6 Å². The fraction of sp³-hybridized carbons (Fsp3) is 0.182. The third-order valence-electron chi connectivity index (χ3n) is 2.03. The standard InChI is InChI=1S/C11H10ClFN2S/c1-7-6-16-11(15-7)5-14-8-2-3-9(12)10(13)4-8/h2-4,6,14H,5H2,1H3. The van der Waals surface area contributed by atoms with Crippen LogP contribution >= 0.6 is 22.9 Å². The zero-order valence-corrected chi connectivity index (χ0v) is 10.2. The minimum Gasteiger partial charge on any atom is -0.378 e. The minimum atomic E-state index is -0.415. The Labute approximate surface area is 102 Å². The Morgan fingerprint density at radius 3 is 2.94 bits per heavy atom. The second-order valence-corrected chi connectivity index (χ2v) is 4.71. The van der Waals surface area contributed by atoms with Gasteiger partial charge < -0.3 is 5.32 Å². The number of rotatable bonds is 3. The molecule has 1 heterocycles. The Balaban J connectivity index is 2.02. The number of benzene rings is 1. The SMILES string of the molecule is Cc1csc(CNc2ccc(Cl)c(F)c2)n1. The fourth-order valence-electron chi connectivity index (χ4n) is 1.27. The molecular formula is C11H10ClFN2S. The molecule has 2 rings (SSSR count). The van der Waals surface area contributed by atoms with Crippen LogP contribution in [0.4, 0.5) is 10.1 Å². The largest absolute Gasteiger partial charge is 0.378 e. The zero-order valence-electron chi connectivity index (χ0n) is 8.63. The molecule has 5 heteroatoms. The summed E-state index contributed by atoms with van der Waals surface area (Å²) in [5.74, 6) is -0.415. The molecule has 0 aliphatic carbocycles. The summed E-state index contributed by atoms with van der Waals surface area (Å²) in [5.41, 5.74) is 1.71. The molecule has 0 bridgehead atoms. The highest BCUT2D eigenvalue weighted by atomic mass is 35.5. The van der Waals surface area contributed by atoms with E-state index in [1.165, 1.54) is 12.1 Å². The number of anilines is 1. The highest BCUT2D eigenvalue weighted by Crippen LogP contribution is 2.19. The number of hydrogen-bond acceptors (Lipinski definition) is 3. The lowest BCUT2D eigenvalue weighted by molar-refractivity contribution is 0.628. The second kappa shape index (κ2) is 4.80. The Morgan fingerprint density at radius 1 is 1.50 bits per heavy atom. The van der Waals surface area contributed by atoms with Gasteiger partial charge in [0.15, 0.2) is 0 Å².